The molecule has 0 saturated heterocycles. The summed E-state index contributed by atoms with van der Waals surface area (Å²) < 4.78 is 17.0. The van der Waals surface area contributed by atoms with Crippen molar-refractivity contribution in [1.82, 2.24) is 0 Å². The lowest BCUT2D eigenvalue weighted by Gasteiger charge is -2.31. The zero-order valence-electron chi connectivity index (χ0n) is 29.6. The van der Waals surface area contributed by atoms with Gasteiger partial charge in [-0.2, -0.15) is 0 Å². The number of carbonyl (C=O) groups excluding carboxylic acids is 2. The molecule has 0 aliphatic rings. The average molecular weight is 639 g/mol. The lowest BCUT2D eigenvalue weighted by atomic mass is 10.1. The molecule has 0 saturated carbocycles. The quantitative estimate of drug-likeness (QED) is 0.0351. The minimum atomic E-state index is -0.884. The van der Waals surface area contributed by atoms with Gasteiger partial charge in [0, 0.05) is 19.3 Å². The predicted octanol–water partition coefficient (Wildman–Crippen LogP) is 8.57. The first kappa shape index (κ1) is 42.8. The summed E-state index contributed by atoms with van der Waals surface area (Å²) >= 11 is 0. The number of carbonyl (C=O) groups is 3. The first-order valence-electron chi connectivity index (χ1n) is 17.9. The van der Waals surface area contributed by atoms with Crippen LogP contribution in [0.1, 0.15) is 142 Å². The van der Waals surface area contributed by atoms with Crippen LogP contribution in [0.4, 0.5) is 0 Å². The third-order valence-electron chi connectivity index (χ3n) is 7.84. The Kier molecular flexibility index (Phi) is 27.8. The van der Waals surface area contributed by atoms with Crippen molar-refractivity contribution in [2.45, 2.75) is 154 Å². The summed E-state index contributed by atoms with van der Waals surface area (Å²) in [5.41, 5.74) is 0. The topological polar surface area (TPSA) is 99.1 Å². The van der Waals surface area contributed by atoms with E-state index in [0.29, 0.717) is 19.3 Å². The zero-order chi connectivity index (χ0) is 33.6. The number of unbranched alkanes of at least 4 members (excludes halogenated alkanes) is 13. The monoisotopic (exact) mass is 638 g/mol. The van der Waals surface area contributed by atoms with Crippen molar-refractivity contribution < 1.29 is 38.2 Å². The summed E-state index contributed by atoms with van der Waals surface area (Å²) in [4.78, 5) is 36.5. The molecule has 0 aliphatic heterocycles. The molecular weight excluding hydrogens is 570 g/mol. The largest absolute Gasteiger partial charge is 0.477 e. The number of hydrogen-bond donors (Lipinski definition) is 1. The van der Waals surface area contributed by atoms with Crippen LogP contribution >= 0.6 is 0 Å². The number of rotatable bonds is 31. The van der Waals surface area contributed by atoms with Gasteiger partial charge in [-0.3, -0.25) is 9.59 Å². The molecule has 0 aromatic rings. The van der Waals surface area contributed by atoms with Gasteiger partial charge < -0.3 is 23.8 Å². The van der Waals surface area contributed by atoms with Crippen LogP contribution in [0.2, 0.25) is 0 Å². The molecule has 0 spiro atoms. The molecule has 0 rings (SSSR count). The molecule has 0 fully saturated rings. The van der Waals surface area contributed by atoms with Crippen molar-refractivity contribution in [2.75, 3.05) is 41.0 Å². The molecule has 0 heterocycles. The maximum absolute atomic E-state index is 12.5. The first-order valence-corrected chi connectivity index (χ1v) is 17.9. The second kappa shape index (κ2) is 29.2. The van der Waals surface area contributed by atoms with E-state index in [-0.39, 0.29) is 42.7 Å². The number of carboxylic acids is 1. The lowest BCUT2D eigenvalue weighted by molar-refractivity contribution is -0.887. The van der Waals surface area contributed by atoms with Gasteiger partial charge in [0.2, 0.25) is 0 Å². The van der Waals surface area contributed by atoms with Crippen LogP contribution in [-0.4, -0.2) is 80.6 Å². The molecule has 2 unspecified atom stereocenters. The maximum Gasteiger partial charge on any atom is 0.362 e. The number of quaternary nitrogens is 1. The molecule has 8 heteroatoms. The minimum Gasteiger partial charge on any atom is -0.477 e. The molecule has 0 radical (unpaired) electrons. The molecule has 45 heavy (non-hydrogen) atoms. The van der Waals surface area contributed by atoms with Crippen LogP contribution in [0.25, 0.3) is 0 Å². The highest BCUT2D eigenvalue weighted by Gasteiger charge is 2.31. The maximum atomic E-state index is 12.5. The lowest BCUT2D eigenvalue weighted by Crippen LogP contribution is -2.50. The van der Waals surface area contributed by atoms with Crippen LogP contribution in [0.5, 0.6) is 0 Å². The predicted molar refractivity (Wildman–Crippen MR) is 183 cm³/mol. The van der Waals surface area contributed by atoms with Crippen LogP contribution in [0.3, 0.4) is 0 Å². The molecule has 2 atom stereocenters. The van der Waals surface area contributed by atoms with E-state index in [2.05, 4.69) is 32.1 Å². The Morgan fingerprint density at radius 3 is 1.71 bits per heavy atom. The molecule has 262 valence electrons. The molecule has 0 aromatic heterocycles. The van der Waals surface area contributed by atoms with Gasteiger partial charge in [-0.05, 0) is 51.4 Å². The Labute approximate surface area is 275 Å². The number of nitrogens with zero attached hydrogens (tertiary/aromatic N) is 1. The van der Waals surface area contributed by atoms with Crippen LogP contribution in [0.15, 0.2) is 24.3 Å². The van der Waals surface area contributed by atoms with Gasteiger partial charge >= 0.3 is 17.9 Å². The Bertz CT molecular complexity index is 803. The van der Waals surface area contributed by atoms with E-state index in [1.807, 2.05) is 27.2 Å². The highest BCUT2D eigenvalue weighted by atomic mass is 16.6. The van der Waals surface area contributed by atoms with Gasteiger partial charge in [-0.1, -0.05) is 95.9 Å². The van der Waals surface area contributed by atoms with Crippen molar-refractivity contribution in [1.29, 1.82) is 0 Å². The normalized spacial score (nSPS) is 13.4. The molecule has 0 amide bonds. The molecule has 8 nitrogen and oxygen atoms in total. The van der Waals surface area contributed by atoms with Gasteiger partial charge in [-0.15, -0.1) is 0 Å². The third-order valence-corrected chi connectivity index (χ3v) is 7.84. The van der Waals surface area contributed by atoms with Gasteiger partial charge in [-0.25, -0.2) is 4.79 Å². The van der Waals surface area contributed by atoms with Crippen molar-refractivity contribution in [2.24, 2.45) is 0 Å². The van der Waals surface area contributed by atoms with Crippen molar-refractivity contribution in [3.05, 3.63) is 24.3 Å². The smallest absolute Gasteiger partial charge is 0.362 e. The number of allylic oxidation sites excluding steroid dienone is 4. The van der Waals surface area contributed by atoms with E-state index in [9.17, 15) is 19.5 Å². The fourth-order valence-electron chi connectivity index (χ4n) is 4.98. The van der Waals surface area contributed by atoms with Crippen molar-refractivity contribution in [3.8, 4) is 0 Å². The van der Waals surface area contributed by atoms with E-state index in [1.54, 1.807) is 0 Å². The van der Waals surface area contributed by atoms with Crippen molar-refractivity contribution in [3.63, 3.8) is 0 Å². The number of likely N-dealkylation sites (N-methyl/N-ethyl adjacent to an activating group) is 1. The molecule has 0 aromatic carbocycles. The third kappa shape index (κ3) is 27.8. The van der Waals surface area contributed by atoms with Gasteiger partial charge in [0.15, 0.2) is 12.1 Å². The second-order valence-electron chi connectivity index (χ2n) is 13.1. The Morgan fingerprint density at radius 2 is 1.16 bits per heavy atom. The van der Waals surface area contributed by atoms with E-state index in [4.69, 9.17) is 14.2 Å². The van der Waals surface area contributed by atoms with E-state index in [1.165, 1.54) is 57.8 Å². The standard InChI is InChI=1S/C37H67NO7/c1-6-8-10-12-14-16-17-18-19-20-22-23-25-27-35(39)44-32-33(31-43-30-29-34(37(41)42)38(3,4)5)45-36(40)28-26-24-21-15-13-11-9-7-2/h18-19,21,24,33-34H,6-17,20,22-23,25-32H2,1-5H3/p+1/b19-18+,24-21+. The summed E-state index contributed by atoms with van der Waals surface area (Å²) in [7, 11) is 5.49. The summed E-state index contributed by atoms with van der Waals surface area (Å²) in [6.07, 6.45) is 28.1. The summed E-state index contributed by atoms with van der Waals surface area (Å²) in [6.45, 7) is 4.60. The number of esters is 2. The fraction of sp³-hybridized carbons (Fsp3) is 0.811. The Hall–Kier alpha value is -2.19. The van der Waals surface area contributed by atoms with Crippen LogP contribution in [0, 0.1) is 0 Å². The number of aliphatic carboxylic acids is 1. The molecular formula is C37H68NO7+. The Balaban J connectivity index is 4.48. The second-order valence-corrected chi connectivity index (χ2v) is 13.1. The first-order chi connectivity index (χ1) is 21.6. The summed E-state index contributed by atoms with van der Waals surface area (Å²) in [5, 5.41) is 9.54. The highest BCUT2D eigenvalue weighted by molar-refractivity contribution is 5.72. The fourth-order valence-corrected chi connectivity index (χ4v) is 4.98. The summed E-state index contributed by atoms with van der Waals surface area (Å²) in [5.74, 6) is -1.56. The van der Waals surface area contributed by atoms with E-state index >= 15 is 0 Å². The Morgan fingerprint density at radius 1 is 0.644 bits per heavy atom. The molecule has 0 aliphatic carbocycles. The number of hydrogen-bond acceptors (Lipinski definition) is 6. The van der Waals surface area contributed by atoms with E-state index < -0.39 is 18.1 Å². The highest BCUT2D eigenvalue weighted by Crippen LogP contribution is 2.11. The molecule has 1 N–H and O–H groups in total. The van der Waals surface area contributed by atoms with Gasteiger partial charge in [0.25, 0.3) is 0 Å². The zero-order valence-corrected chi connectivity index (χ0v) is 29.6. The van der Waals surface area contributed by atoms with Gasteiger partial charge in [0.05, 0.1) is 34.4 Å². The van der Waals surface area contributed by atoms with E-state index in [0.717, 1.165) is 44.9 Å². The van der Waals surface area contributed by atoms with Crippen LogP contribution in [-0.2, 0) is 28.6 Å². The SMILES string of the molecule is CCCCCC/C=C/CCC(=O)OC(COCCC(C(=O)O)[N+](C)(C)C)COC(=O)CCCCC/C=C/CCCCCCCC. The minimum absolute atomic E-state index is 0.0425. The van der Waals surface area contributed by atoms with Gasteiger partial charge in [0.1, 0.15) is 6.61 Å². The molecule has 0 bridgehead atoms. The van der Waals surface area contributed by atoms with Crippen LogP contribution < -0.4 is 0 Å². The number of carboxylic acid groups (broad SMARTS) is 1. The van der Waals surface area contributed by atoms with Crippen molar-refractivity contribution >= 4 is 17.9 Å². The summed E-state index contributed by atoms with van der Waals surface area (Å²) in [6, 6.07) is -0.617. The average Bonchev–Trinajstić information content (AvgIpc) is 2.98. The number of ether oxygens (including phenoxy) is 3.